The van der Waals surface area contributed by atoms with Gasteiger partial charge < -0.3 is 9.34 Å². The molecule has 1 fully saturated rings. The number of anilines is 2. The summed E-state index contributed by atoms with van der Waals surface area (Å²) in [6, 6.07) is 30.2. The first kappa shape index (κ1) is 19.3. The maximum Gasteiger partial charge on any atom is 0.271 e. The highest BCUT2D eigenvalue weighted by Gasteiger charge is 2.49. The molecule has 0 N–H and O–H groups in total. The Morgan fingerprint density at radius 1 is 0.862 bits per heavy atom. The minimum absolute atomic E-state index is 0.201. The molecule has 146 valence electrons. The first-order chi connectivity index (χ1) is 14.1. The van der Waals surface area contributed by atoms with Crippen LogP contribution < -0.4 is 9.34 Å². The number of hydrogen-bond donors (Lipinski definition) is 0. The van der Waals surface area contributed by atoms with Crippen LogP contribution in [-0.2, 0) is 4.57 Å². The van der Waals surface area contributed by atoms with Crippen LogP contribution in [0, 0.1) is 18.3 Å². The summed E-state index contributed by atoms with van der Waals surface area (Å²) in [5, 5.41) is 9.63. The lowest BCUT2D eigenvalue weighted by Crippen LogP contribution is -2.24. The monoisotopic (exact) mass is 401 g/mol. The van der Waals surface area contributed by atoms with Crippen LogP contribution in [-0.4, -0.2) is 13.1 Å². The predicted molar refractivity (Wildman–Crippen MR) is 119 cm³/mol. The molecule has 4 rings (SSSR count). The normalized spacial score (nSPS) is 16.4. The van der Waals surface area contributed by atoms with Crippen molar-refractivity contribution in [2.45, 2.75) is 19.0 Å². The van der Waals surface area contributed by atoms with Gasteiger partial charge in [-0.15, -0.1) is 0 Å². The van der Waals surface area contributed by atoms with Crippen molar-refractivity contribution in [3.8, 4) is 6.07 Å². The van der Waals surface area contributed by atoms with E-state index < -0.39 is 13.1 Å². The summed E-state index contributed by atoms with van der Waals surface area (Å²) in [5.41, 5.74) is 3.57. The van der Waals surface area contributed by atoms with E-state index in [2.05, 4.69) is 6.07 Å². The van der Waals surface area contributed by atoms with Crippen LogP contribution in [0.25, 0.3) is 0 Å². The van der Waals surface area contributed by atoms with E-state index >= 15 is 0 Å². The number of nitrogens with zero attached hydrogens (tertiary/aromatic N) is 3. The van der Waals surface area contributed by atoms with Crippen molar-refractivity contribution in [2.24, 2.45) is 0 Å². The Bertz CT molecular complexity index is 993. The summed E-state index contributed by atoms with van der Waals surface area (Å²) in [4.78, 5) is 0. The highest BCUT2D eigenvalue weighted by atomic mass is 31.2. The summed E-state index contributed by atoms with van der Waals surface area (Å²) in [7, 11) is -3.15. The molecule has 0 bridgehead atoms. The number of benzene rings is 3. The second kappa shape index (κ2) is 8.15. The number of rotatable bonds is 5. The zero-order valence-electron chi connectivity index (χ0n) is 16.5. The van der Waals surface area contributed by atoms with Gasteiger partial charge in [-0.1, -0.05) is 66.2 Å². The molecule has 1 heterocycles. The highest BCUT2D eigenvalue weighted by Crippen LogP contribution is 2.69. The molecule has 3 aromatic rings. The Labute approximate surface area is 172 Å². The lowest BCUT2D eigenvalue weighted by molar-refractivity contribution is 0.565. The van der Waals surface area contributed by atoms with Crippen molar-refractivity contribution < 1.29 is 4.57 Å². The molecule has 1 aliphatic rings. The summed E-state index contributed by atoms with van der Waals surface area (Å²) in [5.74, 6) is 0. The van der Waals surface area contributed by atoms with Crippen molar-refractivity contribution in [1.82, 2.24) is 0 Å². The Morgan fingerprint density at radius 3 is 1.79 bits per heavy atom. The van der Waals surface area contributed by atoms with Gasteiger partial charge in [0, 0.05) is 24.5 Å². The van der Waals surface area contributed by atoms with Gasteiger partial charge in [-0.2, -0.15) is 5.26 Å². The lowest BCUT2D eigenvalue weighted by Gasteiger charge is -2.37. The highest BCUT2D eigenvalue weighted by molar-refractivity contribution is 7.68. The van der Waals surface area contributed by atoms with Gasteiger partial charge in [0.1, 0.15) is 0 Å². The second-order valence-electron chi connectivity index (χ2n) is 7.30. The average molecular weight is 401 g/mol. The third-order valence-electron chi connectivity index (χ3n) is 5.48. The summed E-state index contributed by atoms with van der Waals surface area (Å²) >= 11 is 0. The van der Waals surface area contributed by atoms with E-state index in [0.29, 0.717) is 13.1 Å². The van der Waals surface area contributed by atoms with Crippen molar-refractivity contribution in [3.63, 3.8) is 0 Å². The topological polar surface area (TPSA) is 47.3 Å². The molecule has 4 nitrogen and oxygen atoms in total. The largest absolute Gasteiger partial charge is 0.304 e. The number of hydrogen-bond acceptors (Lipinski definition) is 2. The SMILES string of the molecule is Cc1ccc(C(CC#N)P2(=O)N(c3ccccc3)CCN2c2ccccc2)cc1. The third kappa shape index (κ3) is 3.55. The van der Waals surface area contributed by atoms with E-state index in [-0.39, 0.29) is 6.42 Å². The lowest BCUT2D eigenvalue weighted by atomic mass is 10.1. The summed E-state index contributed by atoms with van der Waals surface area (Å²) < 4.78 is 19.0. The molecule has 3 aromatic carbocycles. The van der Waals surface area contributed by atoms with Crippen molar-refractivity contribution in [1.29, 1.82) is 5.26 Å². The molecule has 0 amide bonds. The van der Waals surface area contributed by atoms with Gasteiger partial charge in [-0.25, -0.2) is 0 Å². The molecule has 0 saturated carbocycles. The van der Waals surface area contributed by atoms with Crippen LogP contribution in [0.4, 0.5) is 11.4 Å². The molecule has 1 saturated heterocycles. The molecule has 29 heavy (non-hydrogen) atoms. The number of para-hydroxylation sites is 2. The van der Waals surface area contributed by atoms with Crippen LogP contribution in [0.1, 0.15) is 23.2 Å². The van der Waals surface area contributed by atoms with Crippen LogP contribution in [0.15, 0.2) is 84.9 Å². The number of nitriles is 1. The maximum atomic E-state index is 15.0. The molecule has 1 unspecified atom stereocenters. The van der Waals surface area contributed by atoms with Gasteiger partial charge in [-0.05, 0) is 36.8 Å². The maximum absolute atomic E-state index is 15.0. The van der Waals surface area contributed by atoms with Crippen molar-refractivity contribution in [3.05, 3.63) is 96.1 Å². The van der Waals surface area contributed by atoms with E-state index in [1.807, 2.05) is 101 Å². The van der Waals surface area contributed by atoms with E-state index in [4.69, 9.17) is 0 Å². The van der Waals surface area contributed by atoms with Gasteiger partial charge in [0.15, 0.2) is 0 Å². The van der Waals surface area contributed by atoms with Gasteiger partial charge in [0.2, 0.25) is 0 Å². The summed E-state index contributed by atoms with van der Waals surface area (Å²) in [6.45, 7) is 3.35. The molecule has 5 heteroatoms. The van der Waals surface area contributed by atoms with Crippen LogP contribution >= 0.6 is 7.44 Å². The molecular weight excluding hydrogens is 377 g/mol. The molecule has 0 aliphatic carbocycles. The average Bonchev–Trinajstić information content (AvgIpc) is 3.12. The van der Waals surface area contributed by atoms with E-state index in [1.54, 1.807) is 0 Å². The van der Waals surface area contributed by atoms with E-state index in [1.165, 1.54) is 0 Å². The quantitative estimate of drug-likeness (QED) is 0.480. The fraction of sp³-hybridized carbons (Fsp3) is 0.208. The van der Waals surface area contributed by atoms with Gasteiger partial charge in [-0.3, -0.25) is 4.57 Å². The molecule has 1 atom stereocenters. The van der Waals surface area contributed by atoms with Gasteiger partial charge in [0.05, 0.1) is 18.1 Å². The zero-order chi connectivity index (χ0) is 20.3. The fourth-order valence-corrected chi connectivity index (χ4v) is 7.53. The Balaban J connectivity index is 1.88. The van der Waals surface area contributed by atoms with E-state index in [9.17, 15) is 9.83 Å². The molecule has 0 spiro atoms. The van der Waals surface area contributed by atoms with Crippen molar-refractivity contribution in [2.75, 3.05) is 22.4 Å². The molecule has 0 aromatic heterocycles. The van der Waals surface area contributed by atoms with Crippen molar-refractivity contribution >= 4 is 18.8 Å². The smallest absolute Gasteiger partial charge is 0.271 e. The Morgan fingerprint density at radius 2 is 1.34 bits per heavy atom. The second-order valence-corrected chi connectivity index (χ2v) is 10.1. The number of aryl methyl sites for hydroxylation is 1. The summed E-state index contributed by atoms with van der Waals surface area (Å²) in [6.07, 6.45) is 0.201. The fourth-order valence-electron chi connectivity index (χ4n) is 4.04. The van der Waals surface area contributed by atoms with Gasteiger partial charge >= 0.3 is 0 Å². The molecule has 0 radical (unpaired) electrons. The van der Waals surface area contributed by atoms with Crippen LogP contribution in [0.2, 0.25) is 0 Å². The predicted octanol–water partition coefficient (Wildman–Crippen LogP) is 6.17. The molecular formula is C24H24N3OP. The minimum atomic E-state index is -3.15. The van der Waals surface area contributed by atoms with E-state index in [0.717, 1.165) is 22.5 Å². The Kier molecular flexibility index (Phi) is 5.43. The zero-order valence-corrected chi connectivity index (χ0v) is 17.4. The Hall–Kier alpha value is -3.02. The first-order valence-electron chi connectivity index (χ1n) is 9.84. The third-order valence-corrected chi connectivity index (χ3v) is 9.01. The van der Waals surface area contributed by atoms with Crippen LogP contribution in [0.3, 0.4) is 0 Å². The van der Waals surface area contributed by atoms with Crippen LogP contribution in [0.5, 0.6) is 0 Å². The molecule has 1 aliphatic heterocycles. The first-order valence-corrected chi connectivity index (χ1v) is 11.5. The standard InChI is InChI=1S/C24H24N3OP/c1-20-12-14-21(15-13-20)24(16-17-25)29(28)26(22-8-4-2-5-9-22)18-19-27(29)23-10-6-3-7-11-23/h2-15,24H,16,18-19H2,1H3. The van der Waals surface area contributed by atoms with Gasteiger partial charge in [0.25, 0.3) is 7.44 Å². The minimum Gasteiger partial charge on any atom is -0.304 e.